The third-order valence-electron chi connectivity index (χ3n) is 6.08. The van der Waals surface area contributed by atoms with Crippen molar-refractivity contribution >= 4 is 40.9 Å². The van der Waals surface area contributed by atoms with Crippen molar-refractivity contribution in [3.05, 3.63) is 99.8 Å². The van der Waals surface area contributed by atoms with Gasteiger partial charge in [-0.2, -0.15) is 0 Å². The molecule has 176 valence electrons. The number of nitrogens with one attached hydrogen (secondary N) is 1. The van der Waals surface area contributed by atoms with Crippen LogP contribution in [-0.4, -0.2) is 24.1 Å². The van der Waals surface area contributed by atoms with Gasteiger partial charge in [0.15, 0.2) is 0 Å². The average Bonchev–Trinajstić information content (AvgIpc) is 3.21. The molecule has 3 aromatic carbocycles. The van der Waals surface area contributed by atoms with Crippen LogP contribution in [0.5, 0.6) is 0 Å². The van der Waals surface area contributed by atoms with Gasteiger partial charge < -0.3 is 5.32 Å². The molecule has 3 aromatic rings. The molecule has 0 saturated carbocycles. The summed E-state index contributed by atoms with van der Waals surface area (Å²) in [4.78, 5) is 27.3. The predicted molar refractivity (Wildman–Crippen MR) is 137 cm³/mol. The summed E-state index contributed by atoms with van der Waals surface area (Å²) < 4.78 is 13.4. The molecular weight excluding hydrogens is 471 g/mol. The van der Waals surface area contributed by atoms with Crippen LogP contribution in [0.2, 0.25) is 5.02 Å². The fraction of sp³-hybridized carbons (Fsp3) is 0.259. The molecular formula is C27H26ClFN2O2S. The Balaban J connectivity index is 1.48. The molecule has 7 heteroatoms. The largest absolute Gasteiger partial charge is 0.351 e. The van der Waals surface area contributed by atoms with Crippen molar-refractivity contribution in [1.29, 1.82) is 0 Å². The summed E-state index contributed by atoms with van der Waals surface area (Å²) in [6, 6.07) is 19.3. The first kappa shape index (κ1) is 24.3. The number of hydrogen-bond donors (Lipinski definition) is 1. The molecule has 4 nitrogen and oxygen atoms in total. The third kappa shape index (κ3) is 5.29. The van der Waals surface area contributed by atoms with Gasteiger partial charge in [-0.1, -0.05) is 42.8 Å². The Morgan fingerprint density at radius 2 is 1.85 bits per heavy atom. The number of halogens is 2. The van der Waals surface area contributed by atoms with Crippen LogP contribution in [-0.2, 0) is 4.79 Å². The highest BCUT2D eigenvalue weighted by Gasteiger charge is 2.35. The number of benzene rings is 3. The second-order valence-electron chi connectivity index (χ2n) is 8.35. The zero-order valence-corrected chi connectivity index (χ0v) is 20.6. The molecule has 0 radical (unpaired) electrons. The lowest BCUT2D eigenvalue weighted by Gasteiger charge is -2.26. The van der Waals surface area contributed by atoms with Gasteiger partial charge in [-0.05, 0) is 72.5 Å². The number of rotatable bonds is 7. The number of nitrogens with zero attached hydrogens (tertiary/aromatic N) is 1. The van der Waals surface area contributed by atoms with Gasteiger partial charge in [-0.15, -0.1) is 11.8 Å². The molecule has 1 N–H and O–H groups in total. The Hall–Kier alpha value is -2.83. The van der Waals surface area contributed by atoms with Crippen molar-refractivity contribution in [2.45, 2.75) is 31.6 Å². The van der Waals surface area contributed by atoms with E-state index in [0.717, 1.165) is 28.8 Å². The predicted octanol–water partition coefficient (Wildman–Crippen LogP) is 6.49. The second-order valence-corrected chi connectivity index (χ2v) is 9.85. The van der Waals surface area contributed by atoms with E-state index in [4.69, 9.17) is 11.6 Å². The molecule has 34 heavy (non-hydrogen) atoms. The van der Waals surface area contributed by atoms with Crippen LogP contribution < -0.4 is 10.2 Å². The van der Waals surface area contributed by atoms with E-state index in [1.807, 2.05) is 43.3 Å². The van der Waals surface area contributed by atoms with E-state index in [2.05, 4.69) is 12.2 Å². The van der Waals surface area contributed by atoms with E-state index in [-0.39, 0.29) is 28.9 Å². The van der Waals surface area contributed by atoms with Crippen LogP contribution >= 0.6 is 23.4 Å². The van der Waals surface area contributed by atoms with Crippen LogP contribution in [0.3, 0.4) is 0 Å². The molecule has 0 spiro atoms. The molecule has 2 amide bonds. The topological polar surface area (TPSA) is 49.4 Å². The van der Waals surface area contributed by atoms with Crippen molar-refractivity contribution in [1.82, 2.24) is 5.32 Å². The van der Waals surface area contributed by atoms with E-state index in [1.165, 1.54) is 23.9 Å². The van der Waals surface area contributed by atoms with E-state index >= 15 is 0 Å². The highest BCUT2D eigenvalue weighted by atomic mass is 35.5. The second kappa shape index (κ2) is 10.6. The molecule has 1 heterocycles. The fourth-order valence-electron chi connectivity index (χ4n) is 4.18. The normalized spacial score (nSPS) is 16.5. The number of anilines is 1. The summed E-state index contributed by atoms with van der Waals surface area (Å²) in [5.41, 5.74) is 4.14. The van der Waals surface area contributed by atoms with Gasteiger partial charge in [0.05, 0.1) is 5.75 Å². The van der Waals surface area contributed by atoms with Crippen LogP contribution in [0.15, 0.2) is 66.7 Å². The van der Waals surface area contributed by atoms with E-state index < -0.39 is 0 Å². The Morgan fingerprint density at radius 1 is 1.15 bits per heavy atom. The Morgan fingerprint density at radius 3 is 2.50 bits per heavy atom. The fourth-order valence-corrected chi connectivity index (χ4v) is 5.47. The van der Waals surface area contributed by atoms with Gasteiger partial charge in [-0.25, -0.2) is 4.39 Å². The van der Waals surface area contributed by atoms with Gasteiger partial charge in [0.1, 0.15) is 11.2 Å². The lowest BCUT2D eigenvalue weighted by atomic mass is 9.96. The first-order valence-corrected chi connectivity index (χ1v) is 12.6. The van der Waals surface area contributed by atoms with Gasteiger partial charge in [-0.3, -0.25) is 14.5 Å². The van der Waals surface area contributed by atoms with Gasteiger partial charge >= 0.3 is 0 Å². The SMILES string of the molecule is CCC(CNC(=O)c1ccc(N2C(=O)CSC2c2ccc(F)cc2)c(C)c1)c1ccc(Cl)cc1. The number of carbonyl (C=O) groups excluding carboxylic acids is 2. The molecule has 1 aliphatic rings. The first-order valence-electron chi connectivity index (χ1n) is 11.2. The molecule has 1 aliphatic heterocycles. The maximum atomic E-state index is 13.4. The molecule has 0 bridgehead atoms. The number of thioether (sulfide) groups is 1. The van der Waals surface area contributed by atoms with Gasteiger partial charge in [0.2, 0.25) is 5.91 Å². The zero-order chi connectivity index (χ0) is 24.2. The minimum Gasteiger partial charge on any atom is -0.351 e. The lowest BCUT2D eigenvalue weighted by molar-refractivity contribution is -0.115. The minimum absolute atomic E-state index is 0.00613. The molecule has 1 saturated heterocycles. The standard InChI is InChI=1S/C27H26ClFN2O2S/c1-3-18(19-4-9-22(28)10-5-19)15-30-26(33)21-8-13-24(17(2)14-21)31-25(32)16-34-27(31)20-6-11-23(29)12-7-20/h4-14,18,27H,3,15-16H2,1-2H3,(H,30,33). The lowest BCUT2D eigenvalue weighted by Crippen LogP contribution is -2.30. The molecule has 0 aliphatic carbocycles. The van der Waals surface area contributed by atoms with E-state index in [0.29, 0.717) is 22.9 Å². The van der Waals surface area contributed by atoms with Crippen molar-refractivity contribution in [3.8, 4) is 0 Å². The van der Waals surface area contributed by atoms with Gasteiger partial charge in [0, 0.05) is 28.7 Å². The molecule has 2 unspecified atom stereocenters. The molecule has 0 aromatic heterocycles. The average molecular weight is 497 g/mol. The summed E-state index contributed by atoms with van der Waals surface area (Å²) >= 11 is 7.50. The number of hydrogen-bond acceptors (Lipinski definition) is 3. The number of amides is 2. The maximum absolute atomic E-state index is 13.4. The monoisotopic (exact) mass is 496 g/mol. The highest BCUT2D eigenvalue weighted by Crippen LogP contribution is 2.42. The maximum Gasteiger partial charge on any atom is 0.251 e. The summed E-state index contributed by atoms with van der Waals surface area (Å²) in [7, 11) is 0. The van der Waals surface area contributed by atoms with Crippen LogP contribution in [0.4, 0.5) is 10.1 Å². The first-order chi connectivity index (χ1) is 16.4. The smallest absolute Gasteiger partial charge is 0.251 e. The van der Waals surface area contributed by atoms with Crippen LogP contribution in [0.25, 0.3) is 0 Å². The minimum atomic E-state index is -0.308. The summed E-state index contributed by atoms with van der Waals surface area (Å²) in [5.74, 6) is 0.0785. The number of aryl methyl sites for hydroxylation is 1. The van der Waals surface area contributed by atoms with E-state index in [1.54, 1.807) is 23.1 Å². The third-order valence-corrected chi connectivity index (χ3v) is 7.55. The summed E-state index contributed by atoms with van der Waals surface area (Å²) in [6.07, 6.45) is 0.888. The number of carbonyl (C=O) groups is 2. The van der Waals surface area contributed by atoms with E-state index in [9.17, 15) is 14.0 Å². The zero-order valence-electron chi connectivity index (χ0n) is 19.1. The highest BCUT2D eigenvalue weighted by molar-refractivity contribution is 8.00. The van der Waals surface area contributed by atoms with Crippen molar-refractivity contribution in [2.24, 2.45) is 0 Å². The molecule has 4 rings (SSSR count). The van der Waals surface area contributed by atoms with Gasteiger partial charge in [0.25, 0.3) is 5.91 Å². The van der Waals surface area contributed by atoms with Crippen molar-refractivity contribution in [2.75, 3.05) is 17.2 Å². The molecule has 1 fully saturated rings. The van der Waals surface area contributed by atoms with Crippen molar-refractivity contribution < 1.29 is 14.0 Å². The Kier molecular flexibility index (Phi) is 7.59. The Labute approximate surface area is 208 Å². The van der Waals surface area contributed by atoms with Crippen LogP contribution in [0, 0.1) is 12.7 Å². The van der Waals surface area contributed by atoms with Crippen LogP contribution in [0.1, 0.15) is 51.7 Å². The molecule has 2 atom stereocenters. The quantitative estimate of drug-likeness (QED) is 0.406. The Bertz CT molecular complexity index is 1180. The van der Waals surface area contributed by atoms with Crippen molar-refractivity contribution in [3.63, 3.8) is 0 Å². The summed E-state index contributed by atoms with van der Waals surface area (Å²) in [5, 5.41) is 3.50. The summed E-state index contributed by atoms with van der Waals surface area (Å²) in [6.45, 7) is 4.51.